The SMILES string of the molecule is COC(=O)c1cc(F)c(F)cc1NC(=O)c1ccc(C#N)nn1. The van der Waals surface area contributed by atoms with Gasteiger partial charge in [-0.1, -0.05) is 0 Å². The third-order valence-corrected chi connectivity index (χ3v) is 2.73. The van der Waals surface area contributed by atoms with Gasteiger partial charge in [0.2, 0.25) is 0 Å². The number of esters is 1. The Bertz CT molecular complexity index is 816. The minimum absolute atomic E-state index is 0.00428. The van der Waals surface area contributed by atoms with Crippen LogP contribution in [0.1, 0.15) is 26.5 Å². The van der Waals surface area contributed by atoms with Crippen molar-refractivity contribution in [3.05, 3.63) is 52.9 Å². The Kier molecular flexibility index (Phi) is 4.56. The number of nitrogens with one attached hydrogen (secondary N) is 1. The van der Waals surface area contributed by atoms with Crippen LogP contribution in [0, 0.1) is 23.0 Å². The molecule has 1 aromatic heterocycles. The lowest BCUT2D eigenvalue weighted by Crippen LogP contribution is -2.18. The number of halogens is 2. The first-order valence-electron chi connectivity index (χ1n) is 6.08. The van der Waals surface area contributed by atoms with Gasteiger partial charge in [0.1, 0.15) is 6.07 Å². The highest BCUT2D eigenvalue weighted by Crippen LogP contribution is 2.21. The molecule has 2 aromatic rings. The fourth-order valence-electron chi connectivity index (χ4n) is 1.63. The van der Waals surface area contributed by atoms with E-state index in [0.29, 0.717) is 12.1 Å². The standard InChI is InChI=1S/C14H8F2N4O3/c1-23-14(22)8-4-9(15)10(16)5-12(8)18-13(21)11-3-2-7(6-17)19-20-11/h2-5H,1H3,(H,18,21). The summed E-state index contributed by atoms with van der Waals surface area (Å²) < 4.78 is 31.0. The molecule has 0 fully saturated rings. The van der Waals surface area contributed by atoms with Crippen molar-refractivity contribution in [1.29, 1.82) is 5.26 Å². The summed E-state index contributed by atoms with van der Waals surface area (Å²) >= 11 is 0. The van der Waals surface area contributed by atoms with Crippen LogP contribution in [0.4, 0.5) is 14.5 Å². The summed E-state index contributed by atoms with van der Waals surface area (Å²) in [7, 11) is 1.06. The minimum atomic E-state index is -1.26. The van der Waals surface area contributed by atoms with Gasteiger partial charge >= 0.3 is 5.97 Å². The van der Waals surface area contributed by atoms with Gasteiger partial charge in [-0.2, -0.15) is 5.26 Å². The highest BCUT2D eigenvalue weighted by Gasteiger charge is 2.19. The highest BCUT2D eigenvalue weighted by atomic mass is 19.2. The molecule has 1 N–H and O–H groups in total. The molecule has 2 rings (SSSR count). The predicted octanol–water partition coefficient (Wildman–Crippen LogP) is 1.67. The monoisotopic (exact) mass is 318 g/mol. The summed E-state index contributed by atoms with van der Waals surface area (Å²) in [5.74, 6) is -4.29. The van der Waals surface area contributed by atoms with E-state index in [9.17, 15) is 18.4 Å². The number of carbonyl (C=O) groups excluding carboxylic acids is 2. The molecular weight excluding hydrogens is 310 g/mol. The fraction of sp³-hybridized carbons (Fsp3) is 0.0714. The van der Waals surface area contributed by atoms with Gasteiger partial charge < -0.3 is 10.1 Å². The molecule has 1 heterocycles. The van der Waals surface area contributed by atoms with Crippen LogP contribution in [-0.2, 0) is 4.74 Å². The zero-order valence-corrected chi connectivity index (χ0v) is 11.6. The van der Waals surface area contributed by atoms with Gasteiger partial charge in [-0.05, 0) is 18.2 Å². The molecule has 7 nitrogen and oxygen atoms in total. The molecule has 0 saturated carbocycles. The molecule has 9 heteroatoms. The number of carbonyl (C=O) groups is 2. The normalized spacial score (nSPS) is 9.83. The fourth-order valence-corrected chi connectivity index (χ4v) is 1.63. The van der Waals surface area contributed by atoms with Crippen molar-refractivity contribution in [2.75, 3.05) is 12.4 Å². The van der Waals surface area contributed by atoms with Crippen molar-refractivity contribution in [3.63, 3.8) is 0 Å². The number of rotatable bonds is 3. The van der Waals surface area contributed by atoms with Crippen molar-refractivity contribution in [2.24, 2.45) is 0 Å². The molecule has 1 amide bonds. The lowest BCUT2D eigenvalue weighted by atomic mass is 10.1. The Balaban J connectivity index is 2.34. The van der Waals surface area contributed by atoms with Crippen molar-refractivity contribution in [2.45, 2.75) is 0 Å². The lowest BCUT2D eigenvalue weighted by Gasteiger charge is -2.10. The van der Waals surface area contributed by atoms with E-state index in [2.05, 4.69) is 20.3 Å². The zero-order chi connectivity index (χ0) is 17.0. The zero-order valence-electron chi connectivity index (χ0n) is 11.6. The molecule has 0 saturated heterocycles. The van der Waals surface area contributed by atoms with Crippen molar-refractivity contribution >= 4 is 17.6 Å². The summed E-state index contributed by atoms with van der Waals surface area (Å²) in [6.45, 7) is 0. The van der Waals surface area contributed by atoms with Crippen LogP contribution < -0.4 is 5.32 Å². The maximum atomic E-state index is 13.3. The number of anilines is 1. The van der Waals surface area contributed by atoms with E-state index in [4.69, 9.17) is 5.26 Å². The number of amides is 1. The van der Waals surface area contributed by atoms with Crippen LogP contribution in [0.25, 0.3) is 0 Å². The predicted molar refractivity (Wildman–Crippen MR) is 72.4 cm³/mol. The number of benzene rings is 1. The average Bonchev–Trinajstić information content (AvgIpc) is 2.57. The molecule has 0 aliphatic rings. The van der Waals surface area contributed by atoms with Crippen LogP contribution in [-0.4, -0.2) is 29.2 Å². The molecular formula is C14H8F2N4O3. The van der Waals surface area contributed by atoms with Crippen LogP contribution in [0.2, 0.25) is 0 Å². The van der Waals surface area contributed by atoms with E-state index in [1.807, 2.05) is 0 Å². The molecule has 0 atom stereocenters. The van der Waals surface area contributed by atoms with Crippen LogP contribution in [0.15, 0.2) is 24.3 Å². The number of hydrogen-bond acceptors (Lipinski definition) is 6. The van der Waals surface area contributed by atoms with Crippen LogP contribution >= 0.6 is 0 Å². The maximum Gasteiger partial charge on any atom is 0.340 e. The second kappa shape index (κ2) is 6.57. The van der Waals surface area contributed by atoms with Crippen LogP contribution in [0.3, 0.4) is 0 Å². The Morgan fingerprint density at radius 1 is 1.22 bits per heavy atom. The Hall–Kier alpha value is -3.41. The van der Waals surface area contributed by atoms with E-state index >= 15 is 0 Å². The van der Waals surface area contributed by atoms with Gasteiger partial charge in [-0.3, -0.25) is 4.79 Å². The third kappa shape index (κ3) is 3.44. The molecule has 0 bridgehead atoms. The summed E-state index contributed by atoms with van der Waals surface area (Å²) in [4.78, 5) is 23.6. The lowest BCUT2D eigenvalue weighted by molar-refractivity contribution is 0.0601. The minimum Gasteiger partial charge on any atom is -0.465 e. The molecule has 0 unspecified atom stereocenters. The molecule has 116 valence electrons. The number of aromatic nitrogens is 2. The average molecular weight is 318 g/mol. The Labute approximate surface area is 128 Å². The summed E-state index contributed by atoms with van der Waals surface area (Å²) in [6, 6.07) is 5.47. The summed E-state index contributed by atoms with van der Waals surface area (Å²) in [6.07, 6.45) is 0. The first kappa shape index (κ1) is 16.0. The van der Waals surface area contributed by atoms with E-state index in [-0.39, 0.29) is 22.6 Å². The highest BCUT2D eigenvalue weighted by molar-refractivity contribution is 6.07. The third-order valence-electron chi connectivity index (χ3n) is 2.73. The van der Waals surface area contributed by atoms with Crippen LogP contribution in [0.5, 0.6) is 0 Å². The summed E-state index contributed by atoms with van der Waals surface area (Å²) in [5, 5.41) is 17.8. The van der Waals surface area contributed by atoms with E-state index in [1.165, 1.54) is 12.1 Å². The Morgan fingerprint density at radius 3 is 2.48 bits per heavy atom. The second-order valence-corrected chi connectivity index (χ2v) is 4.17. The smallest absolute Gasteiger partial charge is 0.340 e. The maximum absolute atomic E-state index is 13.3. The topological polar surface area (TPSA) is 105 Å². The summed E-state index contributed by atoms with van der Waals surface area (Å²) in [5.41, 5.74) is -0.817. The number of nitrogens with zero attached hydrogens (tertiary/aromatic N) is 3. The number of hydrogen-bond donors (Lipinski definition) is 1. The van der Waals surface area contributed by atoms with E-state index in [0.717, 1.165) is 7.11 Å². The van der Waals surface area contributed by atoms with Crippen molar-refractivity contribution in [1.82, 2.24) is 10.2 Å². The van der Waals surface area contributed by atoms with Gasteiger partial charge in [0.05, 0.1) is 18.4 Å². The molecule has 0 aliphatic carbocycles. The van der Waals surface area contributed by atoms with Crippen molar-refractivity contribution in [3.8, 4) is 6.07 Å². The number of methoxy groups -OCH3 is 1. The Morgan fingerprint density at radius 2 is 1.91 bits per heavy atom. The first-order valence-corrected chi connectivity index (χ1v) is 6.08. The molecule has 0 spiro atoms. The first-order chi connectivity index (χ1) is 11.0. The van der Waals surface area contributed by atoms with Crippen molar-refractivity contribution < 1.29 is 23.1 Å². The van der Waals surface area contributed by atoms with E-state index < -0.39 is 23.5 Å². The van der Waals surface area contributed by atoms with Gasteiger partial charge in [-0.25, -0.2) is 13.6 Å². The van der Waals surface area contributed by atoms with Gasteiger partial charge in [0.25, 0.3) is 5.91 Å². The number of ether oxygens (including phenoxy) is 1. The molecule has 0 aliphatic heterocycles. The van der Waals surface area contributed by atoms with Gasteiger partial charge in [0, 0.05) is 6.07 Å². The molecule has 0 radical (unpaired) electrons. The number of nitriles is 1. The van der Waals surface area contributed by atoms with Gasteiger partial charge in [0.15, 0.2) is 23.0 Å². The molecule has 23 heavy (non-hydrogen) atoms. The molecule has 1 aromatic carbocycles. The quantitative estimate of drug-likeness (QED) is 0.863. The van der Waals surface area contributed by atoms with Gasteiger partial charge in [-0.15, -0.1) is 10.2 Å². The van der Waals surface area contributed by atoms with E-state index in [1.54, 1.807) is 6.07 Å². The second-order valence-electron chi connectivity index (χ2n) is 4.17. The largest absolute Gasteiger partial charge is 0.465 e.